The first-order valence-electron chi connectivity index (χ1n) is 8.57. The topological polar surface area (TPSA) is 89.8 Å². The molecule has 1 atom stereocenters. The summed E-state index contributed by atoms with van der Waals surface area (Å²) in [5.74, 6) is -0.0861. The molecule has 1 aliphatic rings. The molecule has 2 aromatic carbocycles. The van der Waals surface area contributed by atoms with Crippen LogP contribution in [0.4, 0.5) is 5.69 Å². The second-order valence-corrected chi connectivity index (χ2v) is 7.44. The van der Waals surface area contributed by atoms with Gasteiger partial charge < -0.3 is 5.32 Å². The van der Waals surface area contributed by atoms with Gasteiger partial charge in [0.2, 0.25) is 11.1 Å². The summed E-state index contributed by atoms with van der Waals surface area (Å²) in [5.41, 5.74) is 3.26. The summed E-state index contributed by atoms with van der Waals surface area (Å²) in [5, 5.41) is 15.1. The van der Waals surface area contributed by atoms with E-state index in [4.69, 9.17) is 0 Å². The quantitative estimate of drug-likeness (QED) is 0.701. The predicted octanol–water partition coefficient (Wildman–Crippen LogP) is 2.91. The monoisotopic (exact) mass is 379 g/mol. The third-order valence-electron chi connectivity index (χ3n) is 4.43. The third-order valence-corrected chi connectivity index (χ3v) is 5.63. The molecule has 0 aliphatic carbocycles. The van der Waals surface area contributed by atoms with Gasteiger partial charge in [0.25, 0.3) is 0 Å². The number of tetrazole rings is 1. The van der Waals surface area contributed by atoms with Crippen LogP contribution in [0, 0.1) is 0 Å². The van der Waals surface area contributed by atoms with E-state index >= 15 is 0 Å². The zero-order valence-electron chi connectivity index (χ0n) is 14.6. The van der Waals surface area contributed by atoms with Gasteiger partial charge in [0.1, 0.15) is 0 Å². The summed E-state index contributed by atoms with van der Waals surface area (Å²) in [6.45, 7) is 1.52. The molecule has 1 aromatic heterocycles. The van der Waals surface area contributed by atoms with Crippen LogP contribution in [-0.4, -0.2) is 37.1 Å². The minimum atomic E-state index is -0.307. The van der Waals surface area contributed by atoms with E-state index in [1.54, 1.807) is 22.9 Å². The van der Waals surface area contributed by atoms with Crippen LogP contribution >= 0.6 is 11.8 Å². The number of nitrogens with one attached hydrogen (secondary N) is 1. The first kappa shape index (κ1) is 17.4. The fraction of sp³-hybridized carbons (Fsp3) is 0.211. The average Bonchev–Trinajstić information content (AvgIpc) is 3.07. The largest absolute Gasteiger partial charge is 0.325 e. The Morgan fingerprint density at radius 3 is 2.93 bits per heavy atom. The van der Waals surface area contributed by atoms with E-state index in [1.165, 1.54) is 18.7 Å². The number of carbonyl (C=O) groups is 2. The summed E-state index contributed by atoms with van der Waals surface area (Å²) < 4.78 is 1.56. The Labute approximate surface area is 160 Å². The number of benzene rings is 2. The fourth-order valence-corrected chi connectivity index (χ4v) is 3.98. The van der Waals surface area contributed by atoms with Crippen LogP contribution in [0.25, 0.3) is 5.69 Å². The predicted molar refractivity (Wildman–Crippen MR) is 102 cm³/mol. The fourth-order valence-electron chi connectivity index (χ4n) is 3.00. The van der Waals surface area contributed by atoms with Crippen molar-refractivity contribution < 1.29 is 9.59 Å². The molecule has 136 valence electrons. The molecule has 0 unspecified atom stereocenters. The summed E-state index contributed by atoms with van der Waals surface area (Å²) in [4.78, 5) is 24.3. The summed E-state index contributed by atoms with van der Waals surface area (Å²) in [7, 11) is 0. The summed E-state index contributed by atoms with van der Waals surface area (Å²) in [6.07, 6.45) is 1.49. The minimum absolute atomic E-state index is 0.0277. The molecule has 3 aromatic rings. The average molecular weight is 379 g/mol. The van der Waals surface area contributed by atoms with Crippen LogP contribution in [0.2, 0.25) is 0 Å². The molecular formula is C19H17N5O2S. The van der Waals surface area contributed by atoms with Crippen molar-refractivity contribution >= 4 is 29.1 Å². The second-order valence-electron chi connectivity index (χ2n) is 6.27. The molecule has 0 saturated heterocycles. The smallest absolute Gasteiger partial charge is 0.237 e. The molecule has 0 bridgehead atoms. The minimum Gasteiger partial charge on any atom is -0.325 e. The molecule has 1 amide bonds. The number of hydrogen-bond acceptors (Lipinski definition) is 6. The molecule has 1 aliphatic heterocycles. The van der Waals surface area contributed by atoms with Gasteiger partial charge in [-0.25, -0.2) is 0 Å². The Bertz CT molecular complexity index is 1020. The molecule has 2 heterocycles. The number of para-hydroxylation sites is 1. The van der Waals surface area contributed by atoms with E-state index in [9.17, 15) is 9.59 Å². The van der Waals surface area contributed by atoms with Crippen molar-refractivity contribution in [2.75, 3.05) is 5.32 Å². The molecule has 0 saturated carbocycles. The molecule has 1 N–H and O–H groups in total. The number of anilines is 1. The van der Waals surface area contributed by atoms with Crippen LogP contribution in [0.15, 0.2) is 53.7 Å². The Hall–Kier alpha value is -3.00. The number of thioether (sulfide) groups is 1. The molecule has 7 nitrogen and oxygen atoms in total. The van der Waals surface area contributed by atoms with Crippen LogP contribution in [0.3, 0.4) is 0 Å². The molecular weight excluding hydrogens is 362 g/mol. The van der Waals surface area contributed by atoms with E-state index in [0.29, 0.717) is 22.8 Å². The van der Waals surface area contributed by atoms with Gasteiger partial charge in [0.15, 0.2) is 5.78 Å². The van der Waals surface area contributed by atoms with E-state index < -0.39 is 0 Å². The third kappa shape index (κ3) is 3.61. The molecule has 4 rings (SSSR count). The maximum atomic E-state index is 12.6. The van der Waals surface area contributed by atoms with Gasteiger partial charge in [-0.05, 0) is 54.0 Å². The molecule has 0 radical (unpaired) electrons. The van der Waals surface area contributed by atoms with Crippen molar-refractivity contribution in [3.8, 4) is 5.69 Å². The Morgan fingerprint density at radius 2 is 2.07 bits per heavy atom. The lowest BCUT2D eigenvalue weighted by Gasteiger charge is -2.12. The number of fused-ring (bicyclic) bond motifs is 1. The standard InChI is InChI=1S/C19H17N5O2S/c1-12(25)14-6-4-7-15(11-14)24-19(21-22-23-24)27-17-10-9-13-5-2-3-8-16(13)20-18(17)26/h2-8,11,17H,9-10H2,1H3,(H,20,26)/t17-/m1/s1. The number of amides is 1. The Morgan fingerprint density at radius 1 is 1.22 bits per heavy atom. The first-order chi connectivity index (χ1) is 13.1. The zero-order chi connectivity index (χ0) is 18.8. The van der Waals surface area contributed by atoms with E-state index in [0.717, 1.165) is 17.7 Å². The van der Waals surface area contributed by atoms with Crippen molar-refractivity contribution in [3.05, 3.63) is 59.7 Å². The summed E-state index contributed by atoms with van der Waals surface area (Å²) in [6, 6.07) is 14.9. The number of hydrogen-bond donors (Lipinski definition) is 1. The number of nitrogens with zero attached hydrogens (tertiary/aromatic N) is 4. The van der Waals surface area contributed by atoms with Gasteiger partial charge in [-0.1, -0.05) is 42.1 Å². The van der Waals surface area contributed by atoms with E-state index in [-0.39, 0.29) is 16.9 Å². The maximum Gasteiger partial charge on any atom is 0.237 e. The van der Waals surface area contributed by atoms with Crippen molar-refractivity contribution in [1.82, 2.24) is 20.2 Å². The van der Waals surface area contributed by atoms with Gasteiger partial charge in [0.05, 0.1) is 10.9 Å². The lowest BCUT2D eigenvalue weighted by atomic mass is 10.1. The van der Waals surface area contributed by atoms with Crippen LogP contribution in [0.5, 0.6) is 0 Å². The molecule has 27 heavy (non-hydrogen) atoms. The van der Waals surface area contributed by atoms with Crippen LogP contribution in [0.1, 0.15) is 29.3 Å². The van der Waals surface area contributed by atoms with Gasteiger partial charge in [-0.3, -0.25) is 9.59 Å². The van der Waals surface area contributed by atoms with Gasteiger partial charge >= 0.3 is 0 Å². The van der Waals surface area contributed by atoms with Gasteiger partial charge in [-0.2, -0.15) is 4.68 Å². The first-order valence-corrected chi connectivity index (χ1v) is 9.45. The van der Waals surface area contributed by atoms with Gasteiger partial charge in [-0.15, -0.1) is 5.10 Å². The number of aromatic nitrogens is 4. The molecule has 8 heteroatoms. The number of carbonyl (C=O) groups excluding carboxylic acids is 2. The highest BCUT2D eigenvalue weighted by molar-refractivity contribution is 8.00. The number of ketones is 1. The zero-order valence-corrected chi connectivity index (χ0v) is 15.4. The lowest BCUT2D eigenvalue weighted by Crippen LogP contribution is -2.24. The Kier molecular flexibility index (Phi) is 4.72. The molecule has 0 spiro atoms. The highest BCUT2D eigenvalue weighted by Crippen LogP contribution is 2.31. The molecule has 0 fully saturated rings. The van der Waals surface area contributed by atoms with E-state index in [1.807, 2.05) is 30.3 Å². The van der Waals surface area contributed by atoms with Crippen molar-refractivity contribution in [3.63, 3.8) is 0 Å². The second kappa shape index (κ2) is 7.32. The van der Waals surface area contributed by atoms with Crippen LogP contribution in [-0.2, 0) is 11.2 Å². The number of rotatable bonds is 4. The van der Waals surface area contributed by atoms with Crippen molar-refractivity contribution in [2.45, 2.75) is 30.2 Å². The lowest BCUT2D eigenvalue weighted by molar-refractivity contribution is -0.115. The number of Topliss-reactive ketones (excluding diaryl/α,β-unsaturated/α-hetero) is 1. The SMILES string of the molecule is CC(=O)c1cccc(-n2nnnc2S[C@@H]2CCc3ccccc3NC2=O)c1. The highest BCUT2D eigenvalue weighted by Gasteiger charge is 2.27. The normalized spacial score (nSPS) is 16.3. The number of aryl methyl sites for hydroxylation is 1. The Balaban J connectivity index is 1.58. The summed E-state index contributed by atoms with van der Waals surface area (Å²) >= 11 is 1.33. The van der Waals surface area contributed by atoms with Crippen molar-refractivity contribution in [2.24, 2.45) is 0 Å². The van der Waals surface area contributed by atoms with Crippen LogP contribution < -0.4 is 5.32 Å². The maximum absolute atomic E-state index is 12.6. The van der Waals surface area contributed by atoms with Crippen molar-refractivity contribution in [1.29, 1.82) is 0 Å². The van der Waals surface area contributed by atoms with E-state index in [2.05, 4.69) is 20.8 Å². The highest BCUT2D eigenvalue weighted by atomic mass is 32.2. The van der Waals surface area contributed by atoms with Gasteiger partial charge in [0, 0.05) is 11.3 Å².